The molecule has 0 aliphatic heterocycles. The highest BCUT2D eigenvalue weighted by atomic mass is 79.9. The molecule has 1 aromatic rings. The summed E-state index contributed by atoms with van der Waals surface area (Å²) in [5, 5.41) is 5.16. The van der Waals surface area contributed by atoms with Crippen LogP contribution < -0.4 is 15.4 Å². The highest BCUT2D eigenvalue weighted by Crippen LogP contribution is 2.27. The Morgan fingerprint density at radius 1 is 1.20 bits per heavy atom. The van der Waals surface area contributed by atoms with Crippen molar-refractivity contribution in [2.24, 2.45) is 0 Å². The topological polar surface area (TPSA) is 67.4 Å². The third-order valence-electron chi connectivity index (χ3n) is 2.27. The molecule has 7 heteroatoms. The molecule has 0 heterocycles. The number of nitrogens with one attached hydrogen (secondary N) is 2. The quantitative estimate of drug-likeness (QED) is 0.728. The van der Waals surface area contributed by atoms with Gasteiger partial charge in [0, 0.05) is 11.0 Å². The monoisotopic (exact) mass is 406 g/mol. The van der Waals surface area contributed by atoms with Crippen molar-refractivity contribution in [2.45, 2.75) is 13.3 Å². The van der Waals surface area contributed by atoms with Crippen LogP contribution in [-0.4, -0.2) is 31.5 Å². The Bertz CT molecular complexity index is 481. The van der Waals surface area contributed by atoms with E-state index in [1.165, 1.54) is 0 Å². The van der Waals surface area contributed by atoms with Crippen molar-refractivity contribution in [3.63, 3.8) is 0 Å². The van der Waals surface area contributed by atoms with Crippen LogP contribution in [0.5, 0.6) is 5.75 Å². The minimum absolute atomic E-state index is 0.0380. The minimum atomic E-state index is -0.341. The molecule has 0 unspecified atom stereocenters. The maximum absolute atomic E-state index is 11.5. The first-order chi connectivity index (χ1) is 9.52. The molecule has 0 saturated heterocycles. The molecule has 0 fully saturated rings. The Kier molecular flexibility index (Phi) is 7.61. The zero-order chi connectivity index (χ0) is 15.0. The number of ether oxygens (including phenoxy) is 1. The van der Waals surface area contributed by atoms with Crippen molar-refractivity contribution in [1.29, 1.82) is 0 Å². The molecule has 0 spiro atoms. The molecule has 5 nitrogen and oxygen atoms in total. The predicted molar refractivity (Wildman–Crippen MR) is 83.6 cm³/mol. The summed E-state index contributed by atoms with van der Waals surface area (Å²) in [7, 11) is 0. The van der Waals surface area contributed by atoms with E-state index in [4.69, 9.17) is 4.74 Å². The fourth-order valence-corrected chi connectivity index (χ4v) is 2.45. The van der Waals surface area contributed by atoms with Crippen LogP contribution in [0.25, 0.3) is 0 Å². The van der Waals surface area contributed by atoms with E-state index in [9.17, 15) is 9.59 Å². The van der Waals surface area contributed by atoms with Gasteiger partial charge in [-0.15, -0.1) is 0 Å². The van der Waals surface area contributed by atoms with Gasteiger partial charge in [-0.3, -0.25) is 9.59 Å². The second-order valence-corrected chi connectivity index (χ2v) is 5.76. The van der Waals surface area contributed by atoms with Gasteiger partial charge in [-0.2, -0.15) is 0 Å². The molecule has 2 amide bonds. The first-order valence-corrected chi connectivity index (χ1v) is 7.72. The van der Waals surface area contributed by atoms with Crippen molar-refractivity contribution in [3.05, 3.63) is 27.1 Å². The van der Waals surface area contributed by atoms with E-state index in [0.29, 0.717) is 12.3 Å². The largest absolute Gasteiger partial charge is 0.483 e. The molecule has 1 aromatic carbocycles. The van der Waals surface area contributed by atoms with Gasteiger partial charge < -0.3 is 15.4 Å². The van der Waals surface area contributed by atoms with Gasteiger partial charge >= 0.3 is 0 Å². The van der Waals surface area contributed by atoms with Crippen LogP contribution in [0.3, 0.4) is 0 Å². The van der Waals surface area contributed by atoms with Gasteiger partial charge in [0.1, 0.15) is 5.75 Å². The van der Waals surface area contributed by atoms with E-state index >= 15 is 0 Å². The van der Waals surface area contributed by atoms with Crippen molar-refractivity contribution < 1.29 is 14.3 Å². The SMILES string of the molecule is CCCNC(=O)CNC(=O)COc1ccc(Br)cc1Br. The zero-order valence-electron chi connectivity index (χ0n) is 11.0. The lowest BCUT2D eigenvalue weighted by molar-refractivity contribution is -0.127. The van der Waals surface area contributed by atoms with Crippen molar-refractivity contribution in [1.82, 2.24) is 10.6 Å². The second kappa shape index (κ2) is 8.97. The first-order valence-electron chi connectivity index (χ1n) is 6.14. The van der Waals surface area contributed by atoms with Crippen molar-refractivity contribution in [2.75, 3.05) is 19.7 Å². The second-order valence-electron chi connectivity index (χ2n) is 3.99. The van der Waals surface area contributed by atoms with E-state index in [0.717, 1.165) is 15.4 Å². The summed E-state index contributed by atoms with van der Waals surface area (Å²) in [4.78, 5) is 22.8. The van der Waals surface area contributed by atoms with Gasteiger partial charge in [0.05, 0.1) is 11.0 Å². The van der Waals surface area contributed by atoms with Crippen LogP contribution in [0.1, 0.15) is 13.3 Å². The summed E-state index contributed by atoms with van der Waals surface area (Å²) in [5.74, 6) is 0.0234. The Balaban J connectivity index is 2.31. The summed E-state index contributed by atoms with van der Waals surface area (Å²) in [6.07, 6.45) is 0.861. The van der Waals surface area contributed by atoms with E-state index in [1.54, 1.807) is 6.07 Å². The number of hydrogen-bond donors (Lipinski definition) is 2. The lowest BCUT2D eigenvalue weighted by Crippen LogP contribution is -2.39. The number of amides is 2. The van der Waals surface area contributed by atoms with Crippen LogP contribution in [0.4, 0.5) is 0 Å². The van der Waals surface area contributed by atoms with Gasteiger partial charge in [0.25, 0.3) is 5.91 Å². The van der Waals surface area contributed by atoms with E-state index in [1.807, 2.05) is 19.1 Å². The molecule has 0 aromatic heterocycles. The van der Waals surface area contributed by atoms with Crippen LogP contribution in [0.2, 0.25) is 0 Å². The summed E-state index contributed by atoms with van der Waals surface area (Å²) in [5.41, 5.74) is 0. The van der Waals surface area contributed by atoms with Gasteiger partial charge in [-0.1, -0.05) is 22.9 Å². The molecular weight excluding hydrogens is 392 g/mol. The summed E-state index contributed by atoms with van der Waals surface area (Å²) < 4.78 is 7.02. The Hall–Kier alpha value is -1.08. The number of carbonyl (C=O) groups is 2. The number of halogens is 2. The average Bonchev–Trinajstić information content (AvgIpc) is 2.41. The molecule has 20 heavy (non-hydrogen) atoms. The zero-order valence-corrected chi connectivity index (χ0v) is 14.2. The lowest BCUT2D eigenvalue weighted by atomic mass is 10.3. The van der Waals surface area contributed by atoms with Crippen LogP contribution >= 0.6 is 31.9 Å². The number of carbonyl (C=O) groups excluding carboxylic acids is 2. The summed E-state index contributed by atoms with van der Waals surface area (Å²) in [6.45, 7) is 2.39. The molecule has 0 aliphatic rings. The van der Waals surface area contributed by atoms with Crippen LogP contribution in [0.15, 0.2) is 27.1 Å². The molecule has 0 saturated carbocycles. The Morgan fingerprint density at radius 2 is 1.95 bits per heavy atom. The highest BCUT2D eigenvalue weighted by Gasteiger charge is 2.07. The maximum atomic E-state index is 11.5. The minimum Gasteiger partial charge on any atom is -0.483 e. The normalized spacial score (nSPS) is 9.95. The summed E-state index contributed by atoms with van der Waals surface area (Å²) >= 11 is 6.67. The Labute approximate surface area is 134 Å². The van der Waals surface area contributed by atoms with E-state index in [-0.39, 0.29) is 25.0 Å². The Morgan fingerprint density at radius 3 is 2.60 bits per heavy atom. The van der Waals surface area contributed by atoms with Crippen LogP contribution in [-0.2, 0) is 9.59 Å². The first kappa shape index (κ1) is 17.0. The molecule has 110 valence electrons. The molecule has 0 atom stereocenters. The van der Waals surface area contributed by atoms with E-state index in [2.05, 4.69) is 42.5 Å². The predicted octanol–water partition coefficient (Wildman–Crippen LogP) is 2.23. The standard InChI is InChI=1S/C13H16Br2N2O3/c1-2-5-16-12(18)7-17-13(19)8-20-11-4-3-9(14)6-10(11)15/h3-4,6H,2,5,7-8H2,1H3,(H,16,18)(H,17,19). The number of hydrogen-bond acceptors (Lipinski definition) is 3. The average molecular weight is 408 g/mol. The third kappa shape index (κ3) is 6.38. The highest BCUT2D eigenvalue weighted by molar-refractivity contribution is 9.11. The molecule has 0 bridgehead atoms. The fraction of sp³-hybridized carbons (Fsp3) is 0.385. The van der Waals surface area contributed by atoms with Gasteiger partial charge in [-0.25, -0.2) is 0 Å². The maximum Gasteiger partial charge on any atom is 0.258 e. The summed E-state index contributed by atoms with van der Waals surface area (Å²) in [6, 6.07) is 5.39. The van der Waals surface area contributed by atoms with Crippen LogP contribution in [0, 0.1) is 0 Å². The number of rotatable bonds is 7. The third-order valence-corrected chi connectivity index (χ3v) is 3.38. The number of benzene rings is 1. The molecule has 0 aliphatic carbocycles. The van der Waals surface area contributed by atoms with Crippen molar-refractivity contribution in [3.8, 4) is 5.75 Å². The van der Waals surface area contributed by atoms with E-state index < -0.39 is 0 Å². The van der Waals surface area contributed by atoms with Crippen molar-refractivity contribution >= 4 is 43.7 Å². The molecule has 1 rings (SSSR count). The van der Waals surface area contributed by atoms with Gasteiger partial charge in [0.15, 0.2) is 6.61 Å². The molecule has 0 radical (unpaired) electrons. The van der Waals surface area contributed by atoms with Gasteiger partial charge in [-0.05, 0) is 40.5 Å². The lowest BCUT2D eigenvalue weighted by Gasteiger charge is -2.09. The fourth-order valence-electron chi connectivity index (χ4n) is 1.29. The smallest absolute Gasteiger partial charge is 0.258 e. The molecule has 2 N–H and O–H groups in total. The van der Waals surface area contributed by atoms with Gasteiger partial charge in [0.2, 0.25) is 5.91 Å². The molecular formula is C13H16Br2N2O3.